The van der Waals surface area contributed by atoms with Crippen molar-refractivity contribution in [2.24, 2.45) is 0 Å². The lowest BCUT2D eigenvalue weighted by atomic mass is 10.1. The van der Waals surface area contributed by atoms with E-state index in [9.17, 15) is 8.42 Å². The van der Waals surface area contributed by atoms with Gasteiger partial charge in [-0.05, 0) is 36.8 Å². The summed E-state index contributed by atoms with van der Waals surface area (Å²) in [5.41, 5.74) is 1.88. The Balaban J connectivity index is 2.42. The molecule has 0 aliphatic rings. The smallest absolute Gasteiger partial charge is 0.262 e. The summed E-state index contributed by atoms with van der Waals surface area (Å²) in [6.45, 7) is 5.67. The number of anilines is 1. The summed E-state index contributed by atoms with van der Waals surface area (Å²) in [5, 5.41) is 0.295. The molecule has 2 aromatic carbocycles. The summed E-state index contributed by atoms with van der Waals surface area (Å²) in [6.07, 6.45) is 0. The van der Waals surface area contributed by atoms with E-state index < -0.39 is 10.0 Å². The van der Waals surface area contributed by atoms with Crippen molar-refractivity contribution in [2.45, 2.75) is 11.8 Å². The Kier molecular flexibility index (Phi) is 5.41. The van der Waals surface area contributed by atoms with Gasteiger partial charge < -0.3 is 9.47 Å². The van der Waals surface area contributed by atoms with Crippen LogP contribution in [0, 0.1) is 0 Å². The molecule has 1 N–H and O–H groups in total. The maximum atomic E-state index is 12.6. The van der Waals surface area contributed by atoms with Crippen LogP contribution in [-0.2, 0) is 10.0 Å². The van der Waals surface area contributed by atoms with Gasteiger partial charge in [0.05, 0.1) is 29.8 Å². The second-order valence-electron chi connectivity index (χ2n) is 5.10. The van der Waals surface area contributed by atoms with Crippen molar-refractivity contribution in [1.29, 1.82) is 0 Å². The predicted octanol–water partition coefficient (Wildman–Crippen LogP) is 4.19. The van der Waals surface area contributed by atoms with Crippen LogP contribution in [0.4, 0.5) is 5.69 Å². The van der Waals surface area contributed by atoms with E-state index >= 15 is 0 Å². The molecule has 0 unspecified atom stereocenters. The molecule has 0 amide bonds. The molecule has 0 fully saturated rings. The zero-order chi connectivity index (χ0) is 17.9. The summed E-state index contributed by atoms with van der Waals surface area (Å²) >= 11 is 6.10. The molecule has 0 saturated carbocycles. The molecule has 0 aromatic heterocycles. The van der Waals surface area contributed by atoms with E-state index in [-0.39, 0.29) is 10.6 Å². The molecule has 128 valence electrons. The fraction of sp³-hybridized carbons (Fsp3) is 0.176. The lowest BCUT2D eigenvalue weighted by Gasteiger charge is -2.13. The minimum absolute atomic E-state index is 0.0388. The first kappa shape index (κ1) is 18.2. The topological polar surface area (TPSA) is 64.6 Å². The Labute approximate surface area is 146 Å². The van der Waals surface area contributed by atoms with Crippen LogP contribution in [0.2, 0.25) is 5.02 Å². The lowest BCUT2D eigenvalue weighted by Crippen LogP contribution is -2.13. The van der Waals surface area contributed by atoms with Crippen molar-refractivity contribution in [3.8, 4) is 11.5 Å². The van der Waals surface area contributed by atoms with Crippen LogP contribution < -0.4 is 14.2 Å². The van der Waals surface area contributed by atoms with Crippen molar-refractivity contribution in [3.63, 3.8) is 0 Å². The summed E-state index contributed by atoms with van der Waals surface area (Å²) in [6, 6.07) is 9.39. The molecule has 0 atom stereocenters. The average Bonchev–Trinajstić information content (AvgIpc) is 2.55. The molecule has 24 heavy (non-hydrogen) atoms. The van der Waals surface area contributed by atoms with Crippen molar-refractivity contribution in [2.75, 3.05) is 18.9 Å². The second kappa shape index (κ2) is 7.15. The number of sulfonamides is 1. The van der Waals surface area contributed by atoms with Gasteiger partial charge in [0.2, 0.25) is 0 Å². The highest BCUT2D eigenvalue weighted by molar-refractivity contribution is 7.92. The lowest BCUT2D eigenvalue weighted by molar-refractivity contribution is 0.354. The van der Waals surface area contributed by atoms with Crippen LogP contribution in [0.3, 0.4) is 0 Å². The number of hydrogen-bond acceptors (Lipinski definition) is 4. The van der Waals surface area contributed by atoms with Crippen LogP contribution in [-0.4, -0.2) is 22.6 Å². The van der Waals surface area contributed by atoms with Crippen LogP contribution in [0.5, 0.6) is 11.5 Å². The standard InChI is InChI=1S/C17H18ClNO4S/c1-11(2)12-5-7-14(18)15(9-12)19-24(20,21)13-6-8-16(22-3)17(10-13)23-4/h5-10,19H,1H2,2-4H3. The van der Waals surface area contributed by atoms with Gasteiger partial charge in [-0.15, -0.1) is 0 Å². The number of allylic oxidation sites excluding steroid dienone is 1. The Morgan fingerprint density at radius 3 is 2.33 bits per heavy atom. The molecular weight excluding hydrogens is 350 g/mol. The van der Waals surface area contributed by atoms with Gasteiger partial charge >= 0.3 is 0 Å². The SMILES string of the molecule is C=C(C)c1ccc(Cl)c(NS(=O)(=O)c2ccc(OC)c(OC)c2)c1. The Bertz CT molecular complexity index is 878. The number of halogens is 1. The number of methoxy groups -OCH3 is 2. The monoisotopic (exact) mass is 367 g/mol. The van der Waals surface area contributed by atoms with E-state index in [1.54, 1.807) is 18.2 Å². The number of benzene rings is 2. The first-order valence-electron chi connectivity index (χ1n) is 6.98. The van der Waals surface area contributed by atoms with E-state index in [2.05, 4.69) is 11.3 Å². The van der Waals surface area contributed by atoms with Crippen LogP contribution in [0.25, 0.3) is 5.57 Å². The van der Waals surface area contributed by atoms with Gasteiger partial charge in [-0.1, -0.05) is 29.8 Å². The van der Waals surface area contributed by atoms with Crippen molar-refractivity contribution in [3.05, 3.63) is 53.6 Å². The molecular formula is C17H18ClNO4S. The fourth-order valence-corrected chi connectivity index (χ4v) is 3.36. The number of rotatable bonds is 6. The van der Waals surface area contributed by atoms with Crippen LogP contribution in [0.15, 0.2) is 47.9 Å². The van der Waals surface area contributed by atoms with Crippen LogP contribution >= 0.6 is 11.6 Å². The van der Waals surface area contributed by atoms with Crippen molar-refractivity contribution >= 4 is 32.9 Å². The van der Waals surface area contributed by atoms with Crippen molar-refractivity contribution < 1.29 is 17.9 Å². The molecule has 0 saturated heterocycles. The average molecular weight is 368 g/mol. The quantitative estimate of drug-likeness (QED) is 0.831. The molecule has 2 rings (SSSR count). The van der Waals surface area contributed by atoms with E-state index in [4.69, 9.17) is 21.1 Å². The third kappa shape index (κ3) is 3.83. The second-order valence-corrected chi connectivity index (χ2v) is 7.19. The highest BCUT2D eigenvalue weighted by Gasteiger charge is 2.18. The van der Waals surface area contributed by atoms with E-state index in [0.29, 0.717) is 16.5 Å². The van der Waals surface area contributed by atoms with Crippen molar-refractivity contribution in [1.82, 2.24) is 0 Å². The molecule has 0 spiro atoms. The maximum Gasteiger partial charge on any atom is 0.262 e. The molecule has 0 bridgehead atoms. The Hall–Kier alpha value is -2.18. The third-order valence-electron chi connectivity index (χ3n) is 3.37. The Morgan fingerprint density at radius 1 is 1.08 bits per heavy atom. The summed E-state index contributed by atoms with van der Waals surface area (Å²) in [7, 11) is -0.917. The minimum atomic E-state index is -3.84. The first-order chi connectivity index (χ1) is 11.3. The highest BCUT2D eigenvalue weighted by Crippen LogP contribution is 2.32. The van der Waals surface area contributed by atoms with E-state index in [0.717, 1.165) is 11.1 Å². The number of ether oxygens (including phenoxy) is 2. The molecule has 0 radical (unpaired) electrons. The zero-order valence-corrected chi connectivity index (χ0v) is 15.2. The normalized spacial score (nSPS) is 11.0. The van der Waals surface area contributed by atoms with Gasteiger partial charge in [-0.25, -0.2) is 8.42 Å². The minimum Gasteiger partial charge on any atom is -0.493 e. The molecule has 0 heterocycles. The summed E-state index contributed by atoms with van der Waals surface area (Å²) < 4.78 is 38.0. The fourth-order valence-electron chi connectivity index (χ4n) is 2.06. The van der Waals surface area contributed by atoms with Gasteiger partial charge in [0.25, 0.3) is 10.0 Å². The largest absolute Gasteiger partial charge is 0.493 e. The molecule has 0 aliphatic heterocycles. The maximum absolute atomic E-state index is 12.6. The van der Waals surface area contributed by atoms with E-state index in [1.165, 1.54) is 32.4 Å². The molecule has 7 heteroatoms. The van der Waals surface area contributed by atoms with Gasteiger partial charge in [0, 0.05) is 6.07 Å². The van der Waals surface area contributed by atoms with E-state index in [1.807, 2.05) is 6.92 Å². The third-order valence-corrected chi connectivity index (χ3v) is 5.06. The highest BCUT2D eigenvalue weighted by atomic mass is 35.5. The zero-order valence-electron chi connectivity index (χ0n) is 13.6. The molecule has 2 aromatic rings. The number of nitrogens with one attached hydrogen (secondary N) is 1. The summed E-state index contributed by atoms with van der Waals surface area (Å²) in [4.78, 5) is 0.0388. The Morgan fingerprint density at radius 2 is 1.75 bits per heavy atom. The number of hydrogen-bond donors (Lipinski definition) is 1. The first-order valence-corrected chi connectivity index (χ1v) is 8.85. The molecule has 5 nitrogen and oxygen atoms in total. The predicted molar refractivity (Wildman–Crippen MR) is 96.5 cm³/mol. The molecule has 0 aliphatic carbocycles. The van der Waals surface area contributed by atoms with Gasteiger partial charge in [0.15, 0.2) is 11.5 Å². The van der Waals surface area contributed by atoms with Gasteiger partial charge in [0.1, 0.15) is 0 Å². The summed E-state index contributed by atoms with van der Waals surface area (Å²) in [5.74, 6) is 0.765. The van der Waals surface area contributed by atoms with Crippen LogP contribution in [0.1, 0.15) is 12.5 Å². The van der Waals surface area contributed by atoms with Gasteiger partial charge in [-0.3, -0.25) is 4.72 Å². The van der Waals surface area contributed by atoms with Gasteiger partial charge in [-0.2, -0.15) is 0 Å².